The van der Waals surface area contributed by atoms with Gasteiger partial charge in [0.1, 0.15) is 0 Å². The minimum Gasteiger partial charge on any atom is -1.00 e. The average Bonchev–Trinajstić information content (AvgIpc) is 3.25. The number of nitrogens with zero attached hydrogens (tertiary/aromatic N) is 2. The van der Waals surface area contributed by atoms with Crippen LogP contribution in [0.1, 0.15) is 31.4 Å². The van der Waals surface area contributed by atoms with Crippen molar-refractivity contribution < 1.29 is 45.2 Å². The first kappa shape index (κ1) is 29.6. The highest BCUT2D eigenvalue weighted by Gasteiger charge is 2.30. The molecule has 0 amide bonds. The molecule has 0 spiro atoms. The third-order valence-electron chi connectivity index (χ3n) is 5.43. The second kappa shape index (κ2) is 14.8. The molecular formula is C27H32BrN2O5PS. The lowest BCUT2D eigenvalue weighted by Crippen LogP contribution is -3.00. The van der Waals surface area contributed by atoms with Crippen LogP contribution in [0.2, 0.25) is 0 Å². The Kier molecular flexibility index (Phi) is 11.9. The van der Waals surface area contributed by atoms with Gasteiger partial charge in [0.05, 0.1) is 30.1 Å². The summed E-state index contributed by atoms with van der Waals surface area (Å²) in [6.45, 7) is 5.53. The highest BCUT2D eigenvalue weighted by molar-refractivity contribution is 8.03. The Labute approximate surface area is 233 Å². The van der Waals surface area contributed by atoms with Gasteiger partial charge in [-0.25, -0.2) is 14.3 Å². The molecule has 4 rings (SSSR count). The molecule has 0 radical (unpaired) electrons. The first-order chi connectivity index (χ1) is 17.6. The lowest BCUT2D eigenvalue weighted by Gasteiger charge is -2.22. The van der Waals surface area contributed by atoms with Gasteiger partial charge in [0.25, 0.3) is 0 Å². The third-order valence-corrected chi connectivity index (χ3v) is 8.08. The largest absolute Gasteiger partial charge is 1.00 e. The quantitative estimate of drug-likeness (QED) is 0.128. The Hall–Kier alpha value is -1.97. The molecule has 0 fully saturated rings. The van der Waals surface area contributed by atoms with E-state index < -0.39 is 7.60 Å². The Morgan fingerprint density at radius 2 is 1.57 bits per heavy atom. The second-order valence-electron chi connectivity index (χ2n) is 8.14. The summed E-state index contributed by atoms with van der Waals surface area (Å²) in [4.78, 5) is 13.3. The van der Waals surface area contributed by atoms with Gasteiger partial charge in [-0.05, 0) is 44.0 Å². The lowest BCUT2D eigenvalue weighted by molar-refractivity contribution is -0.688. The van der Waals surface area contributed by atoms with Crippen LogP contribution < -0.4 is 26.4 Å². The number of pyridine rings is 1. The lowest BCUT2D eigenvalue weighted by atomic mass is 10.2. The predicted molar refractivity (Wildman–Crippen MR) is 142 cm³/mol. The fraction of sp³-hybridized carbons (Fsp3) is 0.296. The number of thioether (sulfide) groups is 1. The molecule has 0 saturated heterocycles. The molecule has 1 aliphatic rings. The van der Waals surface area contributed by atoms with Crippen LogP contribution in [0.15, 0.2) is 89.0 Å². The van der Waals surface area contributed by atoms with Gasteiger partial charge in [-0.15, -0.1) is 9.35 Å². The number of rotatable bonds is 13. The van der Waals surface area contributed by atoms with E-state index in [1.807, 2.05) is 18.2 Å². The molecule has 2 aromatic carbocycles. The van der Waals surface area contributed by atoms with Crippen LogP contribution in [0.25, 0.3) is 6.08 Å². The predicted octanol–water partition coefficient (Wildman–Crippen LogP) is 3.46. The van der Waals surface area contributed by atoms with Crippen molar-refractivity contribution in [3.05, 3.63) is 95.3 Å². The van der Waals surface area contributed by atoms with Gasteiger partial charge in [-0.3, -0.25) is 4.57 Å². The zero-order chi connectivity index (χ0) is 25.2. The van der Waals surface area contributed by atoms with Crippen molar-refractivity contribution in [1.82, 2.24) is 0 Å². The first-order valence-corrected chi connectivity index (χ1v) is 14.7. The molecule has 1 aromatic heterocycles. The molecule has 0 atom stereocenters. The fourth-order valence-electron chi connectivity index (χ4n) is 3.77. The summed E-state index contributed by atoms with van der Waals surface area (Å²) in [5.74, 6) is 0. The molecule has 198 valence electrons. The van der Waals surface area contributed by atoms with Crippen molar-refractivity contribution in [2.45, 2.75) is 31.7 Å². The van der Waals surface area contributed by atoms with Crippen molar-refractivity contribution in [2.75, 3.05) is 30.8 Å². The number of fused-ring (bicyclic) bond motifs is 1. The molecule has 0 N–H and O–H groups in total. The summed E-state index contributed by atoms with van der Waals surface area (Å²) in [6, 6.07) is 23.0. The number of para-hydroxylation sites is 1. The van der Waals surface area contributed by atoms with E-state index in [-0.39, 0.29) is 36.4 Å². The van der Waals surface area contributed by atoms with E-state index in [1.165, 1.54) is 10.5 Å². The number of benzene rings is 2. The molecule has 0 saturated carbocycles. The molecule has 3 aromatic rings. The molecule has 7 nitrogen and oxygen atoms in total. The number of halogens is 1. The molecule has 0 bridgehead atoms. The molecule has 37 heavy (non-hydrogen) atoms. The Morgan fingerprint density at radius 1 is 0.919 bits per heavy atom. The zero-order valence-electron chi connectivity index (χ0n) is 21.0. The van der Waals surface area contributed by atoms with Crippen LogP contribution >= 0.6 is 19.4 Å². The molecule has 2 heterocycles. The summed E-state index contributed by atoms with van der Waals surface area (Å²) in [5, 5.41) is 1.11. The van der Waals surface area contributed by atoms with Gasteiger partial charge in [0, 0.05) is 29.1 Å². The fourth-order valence-corrected chi connectivity index (χ4v) is 6.16. The molecule has 10 heteroatoms. The molecule has 1 aliphatic heterocycles. The maximum absolute atomic E-state index is 13.0. The van der Waals surface area contributed by atoms with Gasteiger partial charge >= 0.3 is 7.60 Å². The highest BCUT2D eigenvalue weighted by Crippen LogP contribution is 2.50. The SMILES string of the molecule is CCOOP(=O)(CCCN1/C(=C/c2cc[n+](Cc3ccccc3)cc2)Sc2ccccc21)OOCC.[Br-]. The minimum absolute atomic E-state index is 0. The van der Waals surface area contributed by atoms with Crippen molar-refractivity contribution in [1.29, 1.82) is 0 Å². The second-order valence-corrected chi connectivity index (χ2v) is 11.2. The smallest absolute Gasteiger partial charge is 0.384 e. The third kappa shape index (κ3) is 8.52. The van der Waals surface area contributed by atoms with E-state index in [2.05, 4.69) is 76.5 Å². The van der Waals surface area contributed by atoms with E-state index in [0.717, 1.165) is 22.8 Å². The summed E-state index contributed by atoms with van der Waals surface area (Å²) >= 11 is 1.73. The Balaban J connectivity index is 0.00000380. The maximum atomic E-state index is 13.0. The van der Waals surface area contributed by atoms with Crippen LogP contribution in [0.4, 0.5) is 5.69 Å². The van der Waals surface area contributed by atoms with E-state index >= 15 is 0 Å². The monoisotopic (exact) mass is 606 g/mol. The normalized spacial score (nSPS) is 14.0. The van der Waals surface area contributed by atoms with Gasteiger partial charge in [0.2, 0.25) is 0 Å². The number of hydrogen-bond acceptors (Lipinski definition) is 7. The van der Waals surface area contributed by atoms with Crippen molar-refractivity contribution in [3.63, 3.8) is 0 Å². The van der Waals surface area contributed by atoms with E-state index in [9.17, 15) is 4.57 Å². The summed E-state index contributed by atoms with van der Waals surface area (Å²) in [7, 11) is -3.51. The topological polar surface area (TPSA) is 61.1 Å². The number of hydrogen-bond donors (Lipinski definition) is 0. The van der Waals surface area contributed by atoms with E-state index in [0.29, 0.717) is 13.0 Å². The van der Waals surface area contributed by atoms with Gasteiger partial charge in [-0.2, -0.15) is 0 Å². The van der Waals surface area contributed by atoms with Crippen LogP contribution in [-0.2, 0) is 30.2 Å². The van der Waals surface area contributed by atoms with Crippen molar-refractivity contribution >= 4 is 31.1 Å². The standard InChI is InChI=1S/C27H32N2O5PS.BrH/c1-3-31-33-35(30,34-32-4-2)20-10-17-29-25-13-8-9-14-26(25)36-27(29)21-23-15-18-28(19-16-23)22-24-11-6-5-7-12-24;/h5-9,11-16,18-19,21H,3-4,10,17,20,22H2,1-2H3;1H/q+1;/p-1. The Bertz CT molecular complexity index is 1180. The summed E-state index contributed by atoms with van der Waals surface area (Å²) in [6.07, 6.45) is 7.13. The van der Waals surface area contributed by atoms with Crippen molar-refractivity contribution in [3.8, 4) is 0 Å². The average molecular weight is 608 g/mol. The van der Waals surface area contributed by atoms with Crippen LogP contribution in [0, 0.1) is 0 Å². The number of aromatic nitrogens is 1. The first-order valence-electron chi connectivity index (χ1n) is 12.1. The molecule has 0 aliphatic carbocycles. The van der Waals surface area contributed by atoms with Crippen molar-refractivity contribution in [2.24, 2.45) is 0 Å². The summed E-state index contributed by atoms with van der Waals surface area (Å²) in [5.41, 5.74) is 3.51. The minimum atomic E-state index is -3.51. The van der Waals surface area contributed by atoms with Gasteiger partial charge < -0.3 is 21.9 Å². The Morgan fingerprint density at radius 3 is 2.24 bits per heavy atom. The molecule has 0 unspecified atom stereocenters. The highest BCUT2D eigenvalue weighted by atomic mass is 79.9. The van der Waals surface area contributed by atoms with Gasteiger partial charge in [0.15, 0.2) is 18.9 Å². The zero-order valence-corrected chi connectivity index (χ0v) is 24.3. The molecular weight excluding hydrogens is 575 g/mol. The van der Waals surface area contributed by atoms with Crippen LogP contribution in [0.3, 0.4) is 0 Å². The van der Waals surface area contributed by atoms with E-state index in [1.54, 1.807) is 25.6 Å². The summed E-state index contributed by atoms with van der Waals surface area (Å²) < 4.78 is 25.2. The number of anilines is 1. The van der Waals surface area contributed by atoms with Crippen LogP contribution in [0.5, 0.6) is 0 Å². The van der Waals surface area contributed by atoms with E-state index in [4.69, 9.17) is 19.1 Å². The van der Waals surface area contributed by atoms with Crippen LogP contribution in [-0.4, -0.2) is 25.9 Å². The maximum Gasteiger partial charge on any atom is 0.384 e. The van der Waals surface area contributed by atoms with Gasteiger partial charge in [-0.1, -0.05) is 54.2 Å².